The first-order valence-corrected chi connectivity index (χ1v) is 9.52. The van der Waals surface area contributed by atoms with Gasteiger partial charge in [0.1, 0.15) is 0 Å². The van der Waals surface area contributed by atoms with Gasteiger partial charge in [-0.05, 0) is 57.4 Å². The molecule has 1 aliphatic heterocycles. The van der Waals surface area contributed by atoms with Gasteiger partial charge < -0.3 is 4.90 Å². The minimum Gasteiger partial charge on any atom is -0.334 e. The predicted octanol–water partition coefficient (Wildman–Crippen LogP) is 4.35. The summed E-state index contributed by atoms with van der Waals surface area (Å²) in [6, 6.07) is 2.86. The van der Waals surface area contributed by atoms with E-state index in [1.807, 2.05) is 6.07 Å². The van der Waals surface area contributed by atoms with E-state index in [2.05, 4.69) is 35.5 Å². The van der Waals surface area contributed by atoms with Crippen LogP contribution in [-0.2, 0) is 0 Å². The highest BCUT2D eigenvalue weighted by molar-refractivity contribution is 5.92. The zero-order chi connectivity index (χ0) is 16.4. The third-order valence-electron chi connectivity index (χ3n) is 5.93. The number of hydrogen-bond donors (Lipinski definition) is 0. The van der Waals surface area contributed by atoms with E-state index in [9.17, 15) is 4.79 Å². The lowest BCUT2D eigenvalue weighted by Gasteiger charge is -2.28. The molecule has 0 spiro atoms. The third-order valence-corrected chi connectivity index (χ3v) is 5.93. The Bertz CT molecular complexity index is 541. The number of hydrogen-bond acceptors (Lipinski definition) is 2. The summed E-state index contributed by atoms with van der Waals surface area (Å²) >= 11 is 0. The number of likely N-dealkylation sites (tertiary alicyclic amines) is 1. The van der Waals surface area contributed by atoms with Gasteiger partial charge in [0, 0.05) is 18.3 Å². The van der Waals surface area contributed by atoms with Crippen LogP contribution in [0.1, 0.15) is 87.4 Å². The molecule has 1 amide bonds. The molecule has 4 heteroatoms. The molecule has 1 atom stereocenters. The quantitative estimate of drug-likeness (QED) is 0.810. The second-order valence-corrected chi connectivity index (χ2v) is 7.34. The summed E-state index contributed by atoms with van der Waals surface area (Å²) in [5.74, 6) is 0.885. The molecule has 1 saturated carbocycles. The Labute approximate surface area is 140 Å². The Kier molecular flexibility index (Phi) is 5.08. The van der Waals surface area contributed by atoms with Gasteiger partial charge >= 0.3 is 0 Å². The van der Waals surface area contributed by atoms with Gasteiger partial charge in [-0.25, -0.2) is 0 Å². The number of nitrogens with zero attached hydrogens (tertiary/aromatic N) is 3. The maximum absolute atomic E-state index is 13.0. The van der Waals surface area contributed by atoms with Gasteiger partial charge in [-0.3, -0.25) is 9.48 Å². The van der Waals surface area contributed by atoms with Crippen LogP contribution in [0.2, 0.25) is 0 Å². The van der Waals surface area contributed by atoms with Gasteiger partial charge in [0.05, 0.1) is 6.04 Å². The standard InChI is InChI=1S/C19H31N3O/c1-4-16(5-2)22-14(3)13-17(20-22)19(23)21-12-8-11-18(21)15-9-6-7-10-15/h13,15-16,18H,4-12H2,1-3H3/t18-/m1/s1. The van der Waals surface area contributed by atoms with Gasteiger partial charge in [0.15, 0.2) is 5.69 Å². The minimum absolute atomic E-state index is 0.159. The lowest BCUT2D eigenvalue weighted by molar-refractivity contribution is 0.0681. The molecular formula is C19H31N3O. The highest BCUT2D eigenvalue weighted by Crippen LogP contribution is 2.36. The number of aromatic nitrogens is 2. The molecule has 2 heterocycles. The summed E-state index contributed by atoms with van der Waals surface area (Å²) in [7, 11) is 0. The Hall–Kier alpha value is -1.32. The molecule has 1 aromatic heterocycles. The SMILES string of the molecule is CCC(CC)n1nc(C(=O)N2CCC[C@@H]2C2CCCC2)cc1C. The Morgan fingerprint density at radius 3 is 2.57 bits per heavy atom. The lowest BCUT2D eigenvalue weighted by Crippen LogP contribution is -2.39. The van der Waals surface area contributed by atoms with Crippen molar-refractivity contribution in [1.29, 1.82) is 0 Å². The van der Waals surface area contributed by atoms with Crippen molar-refractivity contribution in [1.82, 2.24) is 14.7 Å². The Balaban J connectivity index is 1.78. The van der Waals surface area contributed by atoms with Crippen LogP contribution in [0.5, 0.6) is 0 Å². The van der Waals surface area contributed by atoms with Crippen molar-refractivity contribution in [3.8, 4) is 0 Å². The summed E-state index contributed by atoms with van der Waals surface area (Å²) in [6.07, 6.45) is 9.73. The molecule has 128 valence electrons. The van der Waals surface area contributed by atoms with Crippen LogP contribution in [0, 0.1) is 12.8 Å². The molecule has 1 aromatic rings. The molecule has 4 nitrogen and oxygen atoms in total. The fraction of sp³-hybridized carbons (Fsp3) is 0.789. The second-order valence-electron chi connectivity index (χ2n) is 7.34. The predicted molar refractivity (Wildman–Crippen MR) is 92.6 cm³/mol. The largest absolute Gasteiger partial charge is 0.334 e. The van der Waals surface area contributed by atoms with Crippen molar-refractivity contribution in [2.24, 2.45) is 5.92 Å². The highest BCUT2D eigenvalue weighted by Gasteiger charge is 2.37. The first-order chi connectivity index (χ1) is 11.2. The molecule has 2 fully saturated rings. The number of carbonyl (C=O) groups is 1. The van der Waals surface area contributed by atoms with E-state index in [1.165, 1.54) is 32.1 Å². The van der Waals surface area contributed by atoms with Gasteiger partial charge in [0.25, 0.3) is 5.91 Å². The molecular weight excluding hydrogens is 286 g/mol. The van der Waals surface area contributed by atoms with Gasteiger partial charge in [0.2, 0.25) is 0 Å². The molecule has 0 unspecified atom stereocenters. The molecule has 23 heavy (non-hydrogen) atoms. The van der Waals surface area contributed by atoms with Crippen molar-refractivity contribution in [2.45, 2.75) is 84.2 Å². The molecule has 1 aliphatic carbocycles. The minimum atomic E-state index is 0.159. The van der Waals surface area contributed by atoms with Crippen molar-refractivity contribution in [2.75, 3.05) is 6.54 Å². The van der Waals surface area contributed by atoms with E-state index < -0.39 is 0 Å². The van der Waals surface area contributed by atoms with E-state index in [4.69, 9.17) is 0 Å². The number of carbonyl (C=O) groups excluding carboxylic acids is 1. The van der Waals surface area contributed by atoms with Crippen LogP contribution >= 0.6 is 0 Å². The van der Waals surface area contributed by atoms with Crippen molar-refractivity contribution in [3.05, 3.63) is 17.5 Å². The van der Waals surface area contributed by atoms with Crippen LogP contribution in [0.4, 0.5) is 0 Å². The zero-order valence-electron chi connectivity index (χ0n) is 14.9. The van der Waals surface area contributed by atoms with Crippen molar-refractivity contribution < 1.29 is 4.79 Å². The normalized spacial score (nSPS) is 22.4. The van der Waals surface area contributed by atoms with Crippen LogP contribution in [0.25, 0.3) is 0 Å². The van der Waals surface area contributed by atoms with Crippen molar-refractivity contribution in [3.63, 3.8) is 0 Å². The summed E-state index contributed by atoms with van der Waals surface area (Å²) in [4.78, 5) is 15.2. The average Bonchev–Trinajstić information content (AvgIpc) is 3.28. The summed E-state index contributed by atoms with van der Waals surface area (Å²) < 4.78 is 2.06. The average molecular weight is 317 g/mol. The van der Waals surface area contributed by atoms with Gasteiger partial charge in [-0.1, -0.05) is 26.7 Å². The van der Waals surface area contributed by atoms with E-state index in [1.54, 1.807) is 0 Å². The first kappa shape index (κ1) is 16.5. The van der Waals surface area contributed by atoms with E-state index in [0.29, 0.717) is 17.8 Å². The van der Waals surface area contributed by atoms with E-state index >= 15 is 0 Å². The maximum atomic E-state index is 13.0. The summed E-state index contributed by atoms with van der Waals surface area (Å²) in [6.45, 7) is 7.36. The molecule has 3 rings (SSSR count). The summed E-state index contributed by atoms with van der Waals surface area (Å²) in [5, 5.41) is 4.68. The number of amides is 1. The molecule has 0 N–H and O–H groups in total. The van der Waals surface area contributed by atoms with Crippen LogP contribution in [-0.4, -0.2) is 33.2 Å². The molecule has 1 saturated heterocycles. The molecule has 0 aromatic carbocycles. The topological polar surface area (TPSA) is 38.1 Å². The highest BCUT2D eigenvalue weighted by atomic mass is 16.2. The smallest absolute Gasteiger partial charge is 0.274 e. The van der Waals surface area contributed by atoms with Crippen LogP contribution in [0.15, 0.2) is 6.07 Å². The molecule has 0 radical (unpaired) electrons. The van der Waals surface area contributed by atoms with Gasteiger partial charge in [-0.15, -0.1) is 0 Å². The fourth-order valence-corrected chi connectivity index (χ4v) is 4.62. The zero-order valence-corrected chi connectivity index (χ0v) is 14.9. The fourth-order valence-electron chi connectivity index (χ4n) is 4.62. The van der Waals surface area contributed by atoms with E-state index in [0.717, 1.165) is 37.4 Å². The lowest BCUT2D eigenvalue weighted by atomic mass is 9.96. The summed E-state index contributed by atoms with van der Waals surface area (Å²) in [5.41, 5.74) is 1.76. The van der Waals surface area contributed by atoms with Gasteiger partial charge in [-0.2, -0.15) is 5.10 Å². The third kappa shape index (κ3) is 3.17. The number of aryl methyl sites for hydroxylation is 1. The van der Waals surface area contributed by atoms with Crippen molar-refractivity contribution >= 4 is 5.91 Å². The Morgan fingerprint density at radius 1 is 1.22 bits per heavy atom. The van der Waals surface area contributed by atoms with Crippen LogP contribution < -0.4 is 0 Å². The number of rotatable bonds is 5. The first-order valence-electron chi connectivity index (χ1n) is 9.52. The monoisotopic (exact) mass is 317 g/mol. The Morgan fingerprint density at radius 2 is 1.91 bits per heavy atom. The maximum Gasteiger partial charge on any atom is 0.274 e. The van der Waals surface area contributed by atoms with E-state index in [-0.39, 0.29) is 5.91 Å². The second kappa shape index (κ2) is 7.06. The molecule has 2 aliphatic rings. The van der Waals surface area contributed by atoms with Crippen LogP contribution in [0.3, 0.4) is 0 Å². The molecule has 0 bridgehead atoms.